The fraction of sp³-hybridized carbons (Fsp3) is 0.438. The number of halogens is 1. The van der Waals surface area contributed by atoms with Crippen molar-refractivity contribution in [3.05, 3.63) is 40.4 Å². The summed E-state index contributed by atoms with van der Waals surface area (Å²) in [6, 6.07) is 7.95. The van der Waals surface area contributed by atoms with Crippen molar-refractivity contribution in [1.82, 2.24) is 9.80 Å². The Morgan fingerprint density at radius 1 is 1.20 bits per heavy atom. The van der Waals surface area contributed by atoms with Crippen LogP contribution in [0.4, 0.5) is 0 Å². The van der Waals surface area contributed by atoms with Crippen LogP contribution in [-0.4, -0.2) is 48.4 Å². The van der Waals surface area contributed by atoms with Crippen molar-refractivity contribution < 1.29 is 4.79 Å². The number of hydrogen-bond acceptors (Lipinski definition) is 2. The highest BCUT2D eigenvalue weighted by molar-refractivity contribution is 9.10. The summed E-state index contributed by atoms with van der Waals surface area (Å²) in [4.78, 5) is 16.5. The van der Waals surface area contributed by atoms with E-state index in [2.05, 4.69) is 27.8 Å². The van der Waals surface area contributed by atoms with Crippen LogP contribution in [0.1, 0.15) is 18.9 Å². The van der Waals surface area contributed by atoms with Crippen LogP contribution >= 0.6 is 15.9 Å². The smallest absolute Gasteiger partial charge is 0.246 e. The Balaban J connectivity index is 1.85. The van der Waals surface area contributed by atoms with Crippen LogP contribution in [0.25, 0.3) is 6.08 Å². The minimum atomic E-state index is 0.115. The summed E-state index contributed by atoms with van der Waals surface area (Å²) >= 11 is 3.40. The molecule has 1 saturated heterocycles. The Hall–Kier alpha value is -1.13. The van der Waals surface area contributed by atoms with E-state index in [1.807, 2.05) is 35.2 Å². The van der Waals surface area contributed by atoms with Gasteiger partial charge < -0.3 is 4.90 Å². The molecular formula is C16H21BrN2O. The summed E-state index contributed by atoms with van der Waals surface area (Å²) in [5.74, 6) is 0.115. The molecule has 1 aliphatic rings. The van der Waals surface area contributed by atoms with Crippen molar-refractivity contribution in [3.8, 4) is 0 Å². The third-order valence-electron chi connectivity index (χ3n) is 3.51. The zero-order valence-electron chi connectivity index (χ0n) is 11.9. The Bertz CT molecular complexity index is 462. The van der Waals surface area contributed by atoms with Gasteiger partial charge in [0.2, 0.25) is 5.91 Å². The first kappa shape index (κ1) is 15.3. The van der Waals surface area contributed by atoms with Gasteiger partial charge in [0.1, 0.15) is 0 Å². The van der Waals surface area contributed by atoms with Gasteiger partial charge in [-0.05, 0) is 36.7 Å². The van der Waals surface area contributed by atoms with Gasteiger partial charge in [-0.15, -0.1) is 0 Å². The molecule has 0 N–H and O–H groups in total. The van der Waals surface area contributed by atoms with E-state index in [1.165, 1.54) is 6.42 Å². The molecule has 4 heteroatoms. The maximum atomic E-state index is 12.1. The average molecular weight is 337 g/mol. The highest BCUT2D eigenvalue weighted by atomic mass is 79.9. The molecule has 0 bridgehead atoms. The molecule has 2 rings (SSSR count). The van der Waals surface area contributed by atoms with E-state index in [1.54, 1.807) is 6.08 Å². The second-order valence-electron chi connectivity index (χ2n) is 5.05. The summed E-state index contributed by atoms with van der Waals surface area (Å²) in [6.07, 6.45) is 4.74. The molecular weight excluding hydrogens is 316 g/mol. The van der Waals surface area contributed by atoms with Crippen LogP contribution in [0.15, 0.2) is 34.8 Å². The molecule has 1 aromatic rings. The number of hydrogen-bond donors (Lipinski definition) is 0. The molecule has 108 valence electrons. The Morgan fingerprint density at radius 2 is 1.85 bits per heavy atom. The molecule has 0 aromatic heterocycles. The Morgan fingerprint density at radius 3 is 2.45 bits per heavy atom. The van der Waals surface area contributed by atoms with Crippen molar-refractivity contribution in [2.24, 2.45) is 0 Å². The minimum absolute atomic E-state index is 0.115. The van der Waals surface area contributed by atoms with Gasteiger partial charge >= 0.3 is 0 Å². The number of rotatable bonds is 4. The molecule has 0 atom stereocenters. The van der Waals surface area contributed by atoms with Crippen molar-refractivity contribution in [2.75, 3.05) is 32.7 Å². The zero-order valence-corrected chi connectivity index (χ0v) is 13.5. The molecule has 1 aliphatic heterocycles. The fourth-order valence-electron chi connectivity index (χ4n) is 2.35. The predicted octanol–water partition coefficient (Wildman–Crippen LogP) is 3.02. The van der Waals surface area contributed by atoms with Crippen LogP contribution < -0.4 is 0 Å². The minimum Gasteiger partial charge on any atom is -0.337 e. The van der Waals surface area contributed by atoms with Gasteiger partial charge in [0.05, 0.1) is 0 Å². The first-order valence-electron chi connectivity index (χ1n) is 7.14. The third-order valence-corrected chi connectivity index (χ3v) is 4.04. The summed E-state index contributed by atoms with van der Waals surface area (Å²) in [6.45, 7) is 6.99. The lowest BCUT2D eigenvalue weighted by molar-refractivity contribution is -0.127. The highest BCUT2D eigenvalue weighted by Gasteiger charge is 2.18. The summed E-state index contributed by atoms with van der Waals surface area (Å²) < 4.78 is 1.05. The molecule has 1 fully saturated rings. The van der Waals surface area contributed by atoms with Gasteiger partial charge in [0.15, 0.2) is 0 Å². The fourth-order valence-corrected chi connectivity index (χ4v) is 2.62. The van der Waals surface area contributed by atoms with Crippen LogP contribution in [0, 0.1) is 0 Å². The number of carbonyl (C=O) groups excluding carboxylic acids is 1. The number of nitrogens with zero attached hydrogens (tertiary/aromatic N) is 2. The topological polar surface area (TPSA) is 23.6 Å². The zero-order chi connectivity index (χ0) is 14.4. The average Bonchev–Trinajstić information content (AvgIpc) is 2.47. The van der Waals surface area contributed by atoms with Gasteiger partial charge in [-0.2, -0.15) is 0 Å². The SMILES string of the molecule is CCCN1CCN(C(=O)/C=C/c2ccc(Br)cc2)CC1. The Labute approximate surface area is 129 Å². The third kappa shape index (κ3) is 4.46. The number of piperazine rings is 1. The molecule has 0 saturated carbocycles. The molecule has 0 radical (unpaired) electrons. The van der Waals surface area contributed by atoms with Gasteiger partial charge in [0, 0.05) is 36.7 Å². The van der Waals surface area contributed by atoms with E-state index < -0.39 is 0 Å². The van der Waals surface area contributed by atoms with E-state index >= 15 is 0 Å². The second kappa shape index (κ2) is 7.60. The van der Waals surface area contributed by atoms with E-state index in [9.17, 15) is 4.79 Å². The lowest BCUT2D eigenvalue weighted by Crippen LogP contribution is -2.48. The highest BCUT2D eigenvalue weighted by Crippen LogP contribution is 2.12. The van der Waals surface area contributed by atoms with Crippen LogP contribution in [0.5, 0.6) is 0 Å². The standard InChI is InChI=1S/C16H21BrN2O/c1-2-9-18-10-12-19(13-11-18)16(20)8-5-14-3-6-15(17)7-4-14/h3-8H,2,9-13H2,1H3/b8-5+. The van der Waals surface area contributed by atoms with E-state index in [4.69, 9.17) is 0 Å². The van der Waals surface area contributed by atoms with Crippen molar-refractivity contribution >= 4 is 27.9 Å². The molecule has 0 unspecified atom stereocenters. The summed E-state index contributed by atoms with van der Waals surface area (Å²) in [7, 11) is 0. The largest absolute Gasteiger partial charge is 0.337 e. The number of carbonyl (C=O) groups is 1. The quantitative estimate of drug-likeness (QED) is 0.789. The summed E-state index contributed by atoms with van der Waals surface area (Å²) in [5, 5.41) is 0. The van der Waals surface area contributed by atoms with Crippen molar-refractivity contribution in [1.29, 1.82) is 0 Å². The number of benzene rings is 1. The molecule has 0 spiro atoms. The van der Waals surface area contributed by atoms with Gasteiger partial charge in [-0.1, -0.05) is 35.0 Å². The van der Waals surface area contributed by atoms with Crippen LogP contribution in [0.2, 0.25) is 0 Å². The molecule has 0 aliphatic carbocycles. The van der Waals surface area contributed by atoms with Gasteiger partial charge in [-0.25, -0.2) is 0 Å². The first-order valence-corrected chi connectivity index (χ1v) is 7.93. The molecule has 1 aromatic carbocycles. The molecule has 3 nitrogen and oxygen atoms in total. The van der Waals surface area contributed by atoms with Crippen LogP contribution in [-0.2, 0) is 4.79 Å². The van der Waals surface area contributed by atoms with E-state index in [0.717, 1.165) is 42.8 Å². The predicted molar refractivity (Wildman–Crippen MR) is 86.5 cm³/mol. The monoisotopic (exact) mass is 336 g/mol. The molecule has 1 heterocycles. The summed E-state index contributed by atoms with van der Waals surface area (Å²) in [5.41, 5.74) is 1.05. The number of amides is 1. The molecule has 20 heavy (non-hydrogen) atoms. The maximum Gasteiger partial charge on any atom is 0.246 e. The van der Waals surface area contributed by atoms with Crippen molar-refractivity contribution in [2.45, 2.75) is 13.3 Å². The van der Waals surface area contributed by atoms with Crippen molar-refractivity contribution in [3.63, 3.8) is 0 Å². The maximum absolute atomic E-state index is 12.1. The Kier molecular flexibility index (Phi) is 5.80. The lowest BCUT2D eigenvalue weighted by Gasteiger charge is -2.34. The van der Waals surface area contributed by atoms with Gasteiger partial charge in [-0.3, -0.25) is 9.69 Å². The first-order chi connectivity index (χ1) is 9.69. The van der Waals surface area contributed by atoms with E-state index in [-0.39, 0.29) is 5.91 Å². The van der Waals surface area contributed by atoms with E-state index in [0.29, 0.717) is 0 Å². The normalized spacial score (nSPS) is 16.8. The van der Waals surface area contributed by atoms with Gasteiger partial charge in [0.25, 0.3) is 0 Å². The van der Waals surface area contributed by atoms with Crippen LogP contribution in [0.3, 0.4) is 0 Å². The molecule has 1 amide bonds. The lowest BCUT2D eigenvalue weighted by atomic mass is 10.2. The second-order valence-corrected chi connectivity index (χ2v) is 5.97.